The third kappa shape index (κ3) is 3.85. The summed E-state index contributed by atoms with van der Waals surface area (Å²) in [7, 11) is 0. The highest BCUT2D eigenvalue weighted by molar-refractivity contribution is 5.87. The first-order valence-corrected chi connectivity index (χ1v) is 9.07. The standard InChI is InChI=1S/C19H23N5O3/c1-19(2,3)27-18(26)16-10-24(22-21-16)9-15-8-23-7-13(12-4-5-12)6-14(11-25)17(23)20-15/h6-8,10,12,25H,4-5,9,11H2,1-3H3. The Morgan fingerprint density at radius 1 is 1.30 bits per heavy atom. The molecule has 8 nitrogen and oxygen atoms in total. The Morgan fingerprint density at radius 3 is 2.74 bits per heavy atom. The third-order valence-electron chi connectivity index (χ3n) is 4.39. The highest BCUT2D eigenvalue weighted by Gasteiger charge is 2.25. The number of carbonyl (C=O) groups excluding carboxylic acids is 1. The largest absolute Gasteiger partial charge is 0.455 e. The molecule has 0 amide bonds. The number of rotatable bonds is 5. The summed E-state index contributed by atoms with van der Waals surface area (Å²) < 4.78 is 8.82. The summed E-state index contributed by atoms with van der Waals surface area (Å²) in [6.45, 7) is 5.75. The van der Waals surface area contributed by atoms with Crippen LogP contribution in [0.2, 0.25) is 0 Å². The number of ether oxygens (including phenoxy) is 1. The van der Waals surface area contributed by atoms with Crippen molar-refractivity contribution in [2.24, 2.45) is 0 Å². The Morgan fingerprint density at radius 2 is 2.07 bits per heavy atom. The van der Waals surface area contributed by atoms with Crippen molar-refractivity contribution in [3.05, 3.63) is 47.2 Å². The highest BCUT2D eigenvalue weighted by Crippen LogP contribution is 2.40. The van der Waals surface area contributed by atoms with Gasteiger partial charge in [0.25, 0.3) is 0 Å². The molecule has 0 atom stereocenters. The predicted molar refractivity (Wildman–Crippen MR) is 97.4 cm³/mol. The minimum absolute atomic E-state index is 0.0490. The van der Waals surface area contributed by atoms with E-state index in [4.69, 9.17) is 4.74 Å². The van der Waals surface area contributed by atoms with Gasteiger partial charge in [0.15, 0.2) is 5.69 Å². The number of aliphatic hydroxyl groups excluding tert-OH is 1. The molecule has 0 aromatic carbocycles. The molecule has 8 heteroatoms. The fourth-order valence-corrected chi connectivity index (χ4v) is 3.04. The van der Waals surface area contributed by atoms with E-state index >= 15 is 0 Å². The van der Waals surface area contributed by atoms with Crippen molar-refractivity contribution < 1.29 is 14.6 Å². The SMILES string of the molecule is CC(C)(C)OC(=O)c1cn(Cc2cn3cc(C4CC4)cc(CO)c3n2)nn1. The molecule has 3 aromatic rings. The number of hydrogen-bond donors (Lipinski definition) is 1. The molecule has 1 fully saturated rings. The number of imidazole rings is 1. The number of hydrogen-bond acceptors (Lipinski definition) is 6. The average Bonchev–Trinajstić information content (AvgIpc) is 3.20. The van der Waals surface area contributed by atoms with Gasteiger partial charge in [-0.05, 0) is 51.2 Å². The zero-order valence-corrected chi connectivity index (χ0v) is 15.7. The molecule has 0 aliphatic heterocycles. The second-order valence-electron chi connectivity index (χ2n) is 8.00. The summed E-state index contributed by atoms with van der Waals surface area (Å²) >= 11 is 0. The Kier molecular flexibility index (Phi) is 4.22. The molecule has 3 aromatic heterocycles. The maximum absolute atomic E-state index is 12.1. The monoisotopic (exact) mass is 369 g/mol. The van der Waals surface area contributed by atoms with E-state index in [0.29, 0.717) is 12.5 Å². The minimum Gasteiger partial charge on any atom is -0.455 e. The van der Waals surface area contributed by atoms with Crippen LogP contribution in [-0.2, 0) is 17.9 Å². The van der Waals surface area contributed by atoms with Gasteiger partial charge < -0.3 is 14.2 Å². The molecule has 27 heavy (non-hydrogen) atoms. The predicted octanol–water partition coefficient (Wildman–Crippen LogP) is 2.30. The summed E-state index contributed by atoms with van der Waals surface area (Å²) in [5.74, 6) is 0.0950. The highest BCUT2D eigenvalue weighted by atomic mass is 16.6. The van der Waals surface area contributed by atoms with E-state index in [0.717, 1.165) is 16.9 Å². The first kappa shape index (κ1) is 17.7. The van der Waals surface area contributed by atoms with Gasteiger partial charge in [-0.25, -0.2) is 14.5 Å². The Bertz CT molecular complexity index is 995. The molecule has 0 unspecified atom stereocenters. The molecule has 1 aliphatic carbocycles. The lowest BCUT2D eigenvalue weighted by Gasteiger charge is -2.18. The van der Waals surface area contributed by atoms with E-state index in [-0.39, 0.29) is 12.3 Å². The molecule has 1 aliphatic rings. The van der Waals surface area contributed by atoms with Crippen molar-refractivity contribution in [1.82, 2.24) is 24.4 Å². The quantitative estimate of drug-likeness (QED) is 0.694. The lowest BCUT2D eigenvalue weighted by atomic mass is 10.1. The van der Waals surface area contributed by atoms with Crippen LogP contribution in [0.15, 0.2) is 24.7 Å². The molecule has 0 radical (unpaired) electrons. The summed E-state index contributed by atoms with van der Waals surface area (Å²) in [6.07, 6.45) is 7.96. The van der Waals surface area contributed by atoms with Gasteiger partial charge in [0.1, 0.15) is 11.2 Å². The lowest BCUT2D eigenvalue weighted by molar-refractivity contribution is 0.00627. The van der Waals surface area contributed by atoms with Crippen LogP contribution in [0, 0.1) is 0 Å². The second-order valence-corrected chi connectivity index (χ2v) is 8.00. The number of aliphatic hydroxyl groups is 1. The van der Waals surface area contributed by atoms with Crippen LogP contribution >= 0.6 is 0 Å². The summed E-state index contributed by atoms with van der Waals surface area (Å²) in [5.41, 5.74) is 3.16. The molecular formula is C19H23N5O3. The Labute approximate surface area is 156 Å². The number of aromatic nitrogens is 5. The number of nitrogens with zero attached hydrogens (tertiary/aromatic N) is 5. The smallest absolute Gasteiger partial charge is 0.361 e. The van der Waals surface area contributed by atoms with Crippen LogP contribution in [0.5, 0.6) is 0 Å². The molecule has 1 N–H and O–H groups in total. The van der Waals surface area contributed by atoms with Gasteiger partial charge in [-0.3, -0.25) is 0 Å². The van der Waals surface area contributed by atoms with E-state index in [1.165, 1.54) is 18.4 Å². The van der Waals surface area contributed by atoms with E-state index in [2.05, 4.69) is 21.5 Å². The van der Waals surface area contributed by atoms with Gasteiger partial charge in [-0.15, -0.1) is 5.10 Å². The van der Waals surface area contributed by atoms with Crippen molar-refractivity contribution in [3.8, 4) is 0 Å². The Balaban J connectivity index is 1.56. The number of pyridine rings is 1. The molecule has 0 spiro atoms. The fourth-order valence-electron chi connectivity index (χ4n) is 3.04. The lowest BCUT2D eigenvalue weighted by Crippen LogP contribution is -2.24. The topological polar surface area (TPSA) is 94.5 Å². The van der Waals surface area contributed by atoms with Crippen LogP contribution in [-0.4, -0.2) is 41.1 Å². The van der Waals surface area contributed by atoms with Crippen LogP contribution in [0.3, 0.4) is 0 Å². The first-order valence-electron chi connectivity index (χ1n) is 9.07. The van der Waals surface area contributed by atoms with Crippen molar-refractivity contribution in [2.45, 2.75) is 58.3 Å². The minimum atomic E-state index is -0.581. The third-order valence-corrected chi connectivity index (χ3v) is 4.39. The van der Waals surface area contributed by atoms with Crippen LogP contribution in [0.4, 0.5) is 0 Å². The summed E-state index contributed by atoms with van der Waals surface area (Å²) in [4.78, 5) is 16.7. The molecule has 0 bridgehead atoms. The van der Waals surface area contributed by atoms with E-state index in [9.17, 15) is 9.90 Å². The van der Waals surface area contributed by atoms with E-state index in [1.54, 1.807) is 31.6 Å². The van der Waals surface area contributed by atoms with E-state index in [1.807, 2.05) is 16.7 Å². The zero-order valence-electron chi connectivity index (χ0n) is 15.7. The number of fused-ring (bicyclic) bond motifs is 1. The molecule has 4 rings (SSSR count). The maximum Gasteiger partial charge on any atom is 0.361 e. The summed E-state index contributed by atoms with van der Waals surface area (Å²) in [5, 5.41) is 17.6. The van der Waals surface area contributed by atoms with Gasteiger partial charge in [-0.1, -0.05) is 5.21 Å². The maximum atomic E-state index is 12.1. The van der Waals surface area contributed by atoms with Gasteiger partial charge in [0, 0.05) is 18.0 Å². The fraction of sp³-hybridized carbons (Fsp3) is 0.474. The van der Waals surface area contributed by atoms with Crippen LogP contribution in [0.1, 0.15) is 66.8 Å². The van der Waals surface area contributed by atoms with Gasteiger partial charge in [-0.2, -0.15) is 0 Å². The van der Waals surface area contributed by atoms with Gasteiger partial charge in [0.05, 0.1) is 25.0 Å². The summed E-state index contributed by atoms with van der Waals surface area (Å²) in [6, 6.07) is 2.04. The average molecular weight is 369 g/mol. The van der Waals surface area contributed by atoms with Crippen LogP contribution < -0.4 is 0 Å². The van der Waals surface area contributed by atoms with Crippen molar-refractivity contribution in [3.63, 3.8) is 0 Å². The van der Waals surface area contributed by atoms with Crippen molar-refractivity contribution in [2.75, 3.05) is 0 Å². The molecular weight excluding hydrogens is 346 g/mol. The van der Waals surface area contributed by atoms with E-state index < -0.39 is 11.6 Å². The first-order chi connectivity index (χ1) is 12.8. The second kappa shape index (κ2) is 6.45. The number of esters is 1. The van der Waals surface area contributed by atoms with Gasteiger partial charge >= 0.3 is 5.97 Å². The van der Waals surface area contributed by atoms with Crippen molar-refractivity contribution >= 4 is 11.6 Å². The molecule has 142 valence electrons. The van der Waals surface area contributed by atoms with Crippen molar-refractivity contribution in [1.29, 1.82) is 0 Å². The van der Waals surface area contributed by atoms with Gasteiger partial charge in [0.2, 0.25) is 0 Å². The molecule has 0 saturated heterocycles. The normalized spacial score (nSPS) is 14.7. The number of carbonyl (C=O) groups is 1. The van der Waals surface area contributed by atoms with Crippen LogP contribution in [0.25, 0.3) is 5.65 Å². The molecule has 3 heterocycles. The Hall–Kier alpha value is -2.74. The zero-order chi connectivity index (χ0) is 19.2. The molecule has 1 saturated carbocycles.